The number of carbonyl (C=O) groups excluding carboxylic acids is 1. The van der Waals surface area contributed by atoms with Crippen molar-refractivity contribution in [2.24, 2.45) is 0 Å². The lowest BCUT2D eigenvalue weighted by molar-refractivity contribution is -0.359. The normalized spacial score (nSPS) is 26.9. The summed E-state index contributed by atoms with van der Waals surface area (Å²) in [5.74, 6) is -0.211. The van der Waals surface area contributed by atoms with E-state index in [9.17, 15) is 45.6 Å². The van der Waals surface area contributed by atoms with Crippen LogP contribution in [0, 0.1) is 0 Å². The van der Waals surface area contributed by atoms with E-state index in [2.05, 4.69) is 19.2 Å². The monoisotopic (exact) mass is 934 g/mol. The van der Waals surface area contributed by atoms with Gasteiger partial charge in [-0.25, -0.2) is 0 Å². The van der Waals surface area contributed by atoms with Crippen molar-refractivity contribution in [2.45, 2.75) is 299 Å². The van der Waals surface area contributed by atoms with Crippen molar-refractivity contribution < 1.29 is 64.6 Å². The molecular formula is C51H99NO13. The Hall–Kier alpha value is -1.01. The summed E-state index contributed by atoms with van der Waals surface area (Å²) in [6.07, 6.45) is 22.9. The fraction of sp³-hybridized carbons (Fsp3) is 0.980. The molecule has 14 heteroatoms. The van der Waals surface area contributed by atoms with Crippen LogP contribution in [0.2, 0.25) is 0 Å². The van der Waals surface area contributed by atoms with Gasteiger partial charge in [0.1, 0.15) is 48.8 Å². The predicted molar refractivity (Wildman–Crippen MR) is 254 cm³/mol. The van der Waals surface area contributed by atoms with Gasteiger partial charge in [0, 0.05) is 6.42 Å². The lowest BCUT2D eigenvalue weighted by atomic mass is 9.97. The molecule has 2 fully saturated rings. The van der Waals surface area contributed by atoms with Crippen molar-refractivity contribution in [1.82, 2.24) is 5.32 Å². The van der Waals surface area contributed by atoms with Crippen LogP contribution >= 0.6 is 0 Å². The minimum absolute atomic E-state index is 0.211. The zero-order chi connectivity index (χ0) is 47.5. The molecule has 65 heavy (non-hydrogen) atoms. The highest BCUT2D eigenvalue weighted by Crippen LogP contribution is 2.30. The maximum atomic E-state index is 13.1. The Labute approximate surface area is 393 Å². The number of carbonyl (C=O) groups is 1. The van der Waals surface area contributed by atoms with Crippen LogP contribution in [0.1, 0.15) is 226 Å². The number of ether oxygens (including phenoxy) is 4. The van der Waals surface area contributed by atoms with Gasteiger partial charge in [-0.15, -0.1) is 0 Å². The molecule has 0 aromatic rings. The number of unbranched alkanes of at least 4 members (excludes halogenated alkanes) is 29. The standard InChI is InChI=1S/C51H99NO13/c1-3-5-7-9-11-12-13-14-15-16-17-18-19-20-21-22-23-24-25-26-27-29-30-32-34-40(55)39(52-43(56)35-33-31-28-10-8-6-4-2)38-62-50-48(61)46(59)49(42(37-54)64-50)65-51-47(60)45(58)44(57)41(36-53)63-51/h39-42,44-51,53-55,57-61H,3-38H2,1-2H3,(H,52,56). The van der Waals surface area contributed by atoms with E-state index in [0.717, 1.165) is 51.4 Å². The second-order valence-corrected chi connectivity index (χ2v) is 19.4. The summed E-state index contributed by atoms with van der Waals surface area (Å²) in [5.41, 5.74) is 0. The average molecular weight is 934 g/mol. The van der Waals surface area contributed by atoms with Gasteiger partial charge >= 0.3 is 0 Å². The third kappa shape index (κ3) is 26.0. The van der Waals surface area contributed by atoms with Crippen LogP contribution in [0.15, 0.2) is 0 Å². The Morgan fingerprint density at radius 3 is 1.31 bits per heavy atom. The molecule has 0 radical (unpaired) electrons. The second-order valence-electron chi connectivity index (χ2n) is 19.4. The van der Waals surface area contributed by atoms with Crippen LogP contribution in [0.25, 0.3) is 0 Å². The second kappa shape index (κ2) is 38.8. The molecule has 0 spiro atoms. The first-order chi connectivity index (χ1) is 31.6. The Kier molecular flexibility index (Phi) is 35.9. The summed E-state index contributed by atoms with van der Waals surface area (Å²) in [7, 11) is 0. The summed E-state index contributed by atoms with van der Waals surface area (Å²) < 4.78 is 22.7. The summed E-state index contributed by atoms with van der Waals surface area (Å²) in [5, 5.41) is 86.7. The van der Waals surface area contributed by atoms with E-state index in [1.807, 2.05) is 0 Å². The topological polar surface area (TPSA) is 228 Å². The summed E-state index contributed by atoms with van der Waals surface area (Å²) in [4.78, 5) is 13.1. The molecule has 0 aromatic carbocycles. The molecule has 2 rings (SSSR count). The molecule has 1 amide bonds. The Balaban J connectivity index is 1.70. The highest BCUT2D eigenvalue weighted by atomic mass is 16.7. The summed E-state index contributed by atoms with van der Waals surface area (Å²) in [6.45, 7) is 2.82. The molecule has 14 nitrogen and oxygen atoms in total. The van der Waals surface area contributed by atoms with Crippen LogP contribution in [-0.4, -0.2) is 140 Å². The smallest absolute Gasteiger partial charge is 0.220 e. The zero-order valence-corrected chi connectivity index (χ0v) is 41.0. The van der Waals surface area contributed by atoms with Crippen LogP contribution in [0.3, 0.4) is 0 Å². The number of hydrogen-bond acceptors (Lipinski definition) is 13. The Bertz CT molecular complexity index is 1100. The molecule has 0 aromatic heterocycles. The summed E-state index contributed by atoms with van der Waals surface area (Å²) >= 11 is 0. The van der Waals surface area contributed by atoms with Crippen molar-refractivity contribution in [1.29, 1.82) is 0 Å². The molecule has 9 N–H and O–H groups in total. The van der Waals surface area contributed by atoms with Gasteiger partial charge in [-0.3, -0.25) is 4.79 Å². The molecule has 12 unspecified atom stereocenters. The first-order valence-corrected chi connectivity index (χ1v) is 26.8. The van der Waals surface area contributed by atoms with E-state index in [1.165, 1.54) is 148 Å². The van der Waals surface area contributed by atoms with E-state index in [0.29, 0.717) is 12.8 Å². The van der Waals surface area contributed by atoms with Gasteiger partial charge in [0.05, 0.1) is 32.0 Å². The van der Waals surface area contributed by atoms with E-state index in [-0.39, 0.29) is 12.5 Å². The molecule has 2 aliphatic heterocycles. The van der Waals surface area contributed by atoms with E-state index in [1.54, 1.807) is 0 Å². The van der Waals surface area contributed by atoms with Crippen molar-refractivity contribution >= 4 is 5.91 Å². The SMILES string of the molecule is CCCCCCCCCCCCCCCCCCCCCCCCCCC(O)C(COC1OC(CO)C(OC2OC(CO)C(O)C(O)C2O)C(O)C1O)NC(=O)CCCCCCCCC. The lowest BCUT2D eigenvalue weighted by Gasteiger charge is -2.46. The van der Waals surface area contributed by atoms with Crippen molar-refractivity contribution in [3.63, 3.8) is 0 Å². The van der Waals surface area contributed by atoms with Gasteiger partial charge in [0.2, 0.25) is 5.91 Å². The van der Waals surface area contributed by atoms with Gasteiger partial charge < -0.3 is 65.1 Å². The van der Waals surface area contributed by atoms with E-state index >= 15 is 0 Å². The largest absolute Gasteiger partial charge is 0.394 e. The number of aliphatic hydroxyl groups excluding tert-OH is 8. The fourth-order valence-corrected chi connectivity index (χ4v) is 9.18. The molecule has 12 atom stereocenters. The van der Waals surface area contributed by atoms with Crippen molar-refractivity contribution in [2.75, 3.05) is 19.8 Å². The number of nitrogens with one attached hydrogen (secondary N) is 1. The van der Waals surface area contributed by atoms with Gasteiger partial charge in [-0.2, -0.15) is 0 Å². The minimum atomic E-state index is -1.78. The maximum absolute atomic E-state index is 13.1. The minimum Gasteiger partial charge on any atom is -0.394 e. The number of aliphatic hydroxyl groups is 8. The van der Waals surface area contributed by atoms with Crippen LogP contribution in [0.5, 0.6) is 0 Å². The van der Waals surface area contributed by atoms with Crippen LogP contribution < -0.4 is 5.32 Å². The van der Waals surface area contributed by atoms with Gasteiger partial charge in [-0.1, -0.05) is 206 Å². The van der Waals surface area contributed by atoms with Crippen molar-refractivity contribution in [3.05, 3.63) is 0 Å². The third-order valence-corrected chi connectivity index (χ3v) is 13.6. The highest BCUT2D eigenvalue weighted by Gasteiger charge is 2.51. The molecule has 2 heterocycles. The molecule has 0 saturated carbocycles. The average Bonchev–Trinajstić information content (AvgIpc) is 3.30. The number of rotatable bonds is 42. The highest BCUT2D eigenvalue weighted by molar-refractivity contribution is 5.76. The third-order valence-electron chi connectivity index (χ3n) is 13.6. The quantitative estimate of drug-likeness (QED) is 0.0273. The maximum Gasteiger partial charge on any atom is 0.220 e. The van der Waals surface area contributed by atoms with Crippen LogP contribution in [0.4, 0.5) is 0 Å². The molecule has 0 bridgehead atoms. The molecule has 386 valence electrons. The van der Waals surface area contributed by atoms with E-state index < -0.39 is 86.8 Å². The molecule has 2 saturated heterocycles. The van der Waals surface area contributed by atoms with Crippen molar-refractivity contribution in [3.8, 4) is 0 Å². The molecule has 0 aliphatic carbocycles. The first kappa shape index (κ1) is 60.1. The number of amides is 1. The van der Waals surface area contributed by atoms with Crippen LogP contribution in [-0.2, 0) is 23.7 Å². The van der Waals surface area contributed by atoms with Gasteiger partial charge in [0.25, 0.3) is 0 Å². The number of hydrogen-bond donors (Lipinski definition) is 9. The Morgan fingerprint density at radius 2 is 0.877 bits per heavy atom. The molecule has 2 aliphatic rings. The van der Waals surface area contributed by atoms with E-state index in [4.69, 9.17) is 18.9 Å². The van der Waals surface area contributed by atoms with Gasteiger partial charge in [0.15, 0.2) is 12.6 Å². The molecular weight excluding hydrogens is 835 g/mol. The van der Waals surface area contributed by atoms with Gasteiger partial charge in [-0.05, 0) is 12.8 Å². The fourth-order valence-electron chi connectivity index (χ4n) is 9.18. The Morgan fingerprint density at radius 1 is 0.492 bits per heavy atom. The zero-order valence-electron chi connectivity index (χ0n) is 41.0. The predicted octanol–water partition coefficient (Wildman–Crippen LogP) is 7.39. The summed E-state index contributed by atoms with van der Waals surface area (Å²) in [6, 6.07) is -0.819. The first-order valence-electron chi connectivity index (χ1n) is 26.8. The lowest BCUT2D eigenvalue weighted by Crippen LogP contribution is -2.65.